The summed E-state index contributed by atoms with van der Waals surface area (Å²) in [5.41, 5.74) is 2.06. The summed E-state index contributed by atoms with van der Waals surface area (Å²) in [6, 6.07) is 4.65. The third kappa shape index (κ3) is 3.06. The van der Waals surface area contributed by atoms with Crippen LogP contribution in [0.2, 0.25) is 0 Å². The summed E-state index contributed by atoms with van der Waals surface area (Å²) in [6.45, 7) is 4.57. The topological polar surface area (TPSA) is 69.6 Å². The minimum atomic E-state index is -0.968. The Labute approximate surface area is 115 Å². The zero-order valence-electron chi connectivity index (χ0n) is 10.1. The molecule has 0 unspecified atom stereocenters. The van der Waals surface area contributed by atoms with Gasteiger partial charge in [0.1, 0.15) is 0 Å². The van der Waals surface area contributed by atoms with Crippen LogP contribution in [0.5, 0.6) is 0 Å². The van der Waals surface area contributed by atoms with Gasteiger partial charge in [-0.2, -0.15) is 0 Å². The van der Waals surface area contributed by atoms with Crippen molar-refractivity contribution in [3.8, 4) is 0 Å². The number of nitrogens with one attached hydrogen (secondary N) is 1. The van der Waals surface area contributed by atoms with Crippen LogP contribution in [-0.2, 0) is 13.1 Å². The molecule has 1 aromatic rings. The van der Waals surface area contributed by atoms with Crippen LogP contribution in [0.15, 0.2) is 29.8 Å². The van der Waals surface area contributed by atoms with Crippen LogP contribution in [0.1, 0.15) is 21.5 Å². The van der Waals surface area contributed by atoms with Crippen LogP contribution >= 0.6 is 11.6 Å². The molecule has 1 heterocycles. The third-order valence-corrected chi connectivity index (χ3v) is 3.03. The molecule has 19 heavy (non-hydrogen) atoms. The predicted octanol–water partition coefficient (Wildman–Crippen LogP) is 2.16. The number of benzene rings is 1. The highest BCUT2D eigenvalue weighted by atomic mass is 35.5. The zero-order chi connectivity index (χ0) is 14.0. The van der Waals surface area contributed by atoms with Crippen molar-refractivity contribution in [3.63, 3.8) is 0 Å². The van der Waals surface area contributed by atoms with E-state index in [1.165, 1.54) is 0 Å². The zero-order valence-corrected chi connectivity index (χ0v) is 10.9. The fraction of sp³-hybridized carbons (Fsp3) is 0.231. The molecule has 1 aliphatic rings. The Morgan fingerprint density at radius 2 is 2.05 bits per heavy atom. The van der Waals surface area contributed by atoms with E-state index in [1.54, 1.807) is 23.1 Å². The van der Waals surface area contributed by atoms with Crippen molar-refractivity contribution in [1.29, 1.82) is 0 Å². The summed E-state index contributed by atoms with van der Waals surface area (Å²) < 4.78 is 0. The van der Waals surface area contributed by atoms with Gasteiger partial charge >= 0.3 is 12.0 Å². The molecule has 2 rings (SSSR count). The van der Waals surface area contributed by atoms with Crippen molar-refractivity contribution >= 4 is 23.6 Å². The van der Waals surface area contributed by atoms with Crippen LogP contribution in [0.25, 0.3) is 0 Å². The average Bonchev–Trinajstić information content (AvgIpc) is 2.78. The van der Waals surface area contributed by atoms with Gasteiger partial charge in [0.05, 0.1) is 12.1 Å². The van der Waals surface area contributed by atoms with E-state index < -0.39 is 5.97 Å². The lowest BCUT2D eigenvalue weighted by molar-refractivity contribution is 0.0696. The molecule has 1 aromatic carbocycles. The van der Waals surface area contributed by atoms with Gasteiger partial charge in [-0.1, -0.05) is 24.2 Å². The Bertz CT molecular complexity index is 557. The third-order valence-electron chi connectivity index (χ3n) is 2.89. The Hall–Kier alpha value is -2.01. The van der Waals surface area contributed by atoms with Crippen LogP contribution < -0.4 is 5.32 Å². The molecular weight excluding hydrogens is 268 g/mol. The molecule has 0 atom stereocenters. The number of aromatic carboxylic acids is 1. The molecule has 2 amide bonds. The van der Waals surface area contributed by atoms with Crippen molar-refractivity contribution in [2.75, 3.05) is 6.54 Å². The largest absolute Gasteiger partial charge is 0.478 e. The number of nitrogens with zero attached hydrogens (tertiary/aromatic N) is 1. The Morgan fingerprint density at radius 3 is 2.68 bits per heavy atom. The summed E-state index contributed by atoms with van der Waals surface area (Å²) in [4.78, 5) is 24.3. The van der Waals surface area contributed by atoms with Crippen molar-refractivity contribution in [1.82, 2.24) is 10.2 Å². The highest BCUT2D eigenvalue weighted by molar-refractivity contribution is 6.29. The van der Waals surface area contributed by atoms with Gasteiger partial charge in [0.25, 0.3) is 0 Å². The molecule has 5 nitrogen and oxygen atoms in total. The summed E-state index contributed by atoms with van der Waals surface area (Å²) in [6.07, 6.45) is 0. The monoisotopic (exact) mass is 280 g/mol. The first-order valence-corrected chi connectivity index (χ1v) is 6.06. The number of hydrogen-bond donors (Lipinski definition) is 2. The van der Waals surface area contributed by atoms with Crippen molar-refractivity contribution in [3.05, 3.63) is 46.5 Å². The van der Waals surface area contributed by atoms with E-state index in [2.05, 4.69) is 11.9 Å². The van der Waals surface area contributed by atoms with Crippen molar-refractivity contribution in [2.45, 2.75) is 13.1 Å². The van der Waals surface area contributed by atoms with Crippen LogP contribution in [0.4, 0.5) is 4.79 Å². The summed E-state index contributed by atoms with van der Waals surface area (Å²) in [5.74, 6) is -0.968. The first kappa shape index (κ1) is 13.4. The first-order valence-electron chi connectivity index (χ1n) is 5.68. The number of halogens is 1. The van der Waals surface area contributed by atoms with Gasteiger partial charge in [0.2, 0.25) is 0 Å². The lowest BCUT2D eigenvalue weighted by Gasteiger charge is -2.15. The maximum absolute atomic E-state index is 11.8. The molecule has 0 fully saturated rings. The standard InChI is InChI=1S/C13H13ClN2O3/c1-8(14)5-15-13(19)16-6-10-3-2-9(12(17)18)4-11(10)7-16/h2-4H,1,5-7H2,(H,15,19)(H,17,18). The second-order valence-corrected chi connectivity index (χ2v) is 4.86. The minimum absolute atomic E-state index is 0.216. The fourth-order valence-electron chi connectivity index (χ4n) is 1.95. The van der Waals surface area contributed by atoms with Gasteiger partial charge in [-0.25, -0.2) is 9.59 Å². The number of fused-ring (bicyclic) bond motifs is 1. The van der Waals surface area contributed by atoms with Crippen molar-refractivity contribution in [2.24, 2.45) is 0 Å². The van der Waals surface area contributed by atoms with E-state index in [9.17, 15) is 9.59 Å². The number of urea groups is 1. The highest BCUT2D eigenvalue weighted by Gasteiger charge is 2.23. The second kappa shape index (κ2) is 5.32. The lowest BCUT2D eigenvalue weighted by atomic mass is 10.1. The average molecular weight is 281 g/mol. The van der Waals surface area contributed by atoms with E-state index >= 15 is 0 Å². The number of carboxylic acids is 1. The van der Waals surface area contributed by atoms with Gasteiger partial charge in [0, 0.05) is 18.1 Å². The van der Waals surface area contributed by atoms with Crippen molar-refractivity contribution < 1.29 is 14.7 Å². The molecule has 1 aliphatic heterocycles. The highest BCUT2D eigenvalue weighted by Crippen LogP contribution is 2.23. The predicted molar refractivity (Wildman–Crippen MR) is 71.0 cm³/mol. The molecule has 0 saturated heterocycles. The molecule has 0 bridgehead atoms. The number of carboxylic acid groups (broad SMARTS) is 1. The van der Waals surface area contributed by atoms with E-state index in [1.807, 2.05) is 0 Å². The molecule has 100 valence electrons. The summed E-state index contributed by atoms with van der Waals surface area (Å²) >= 11 is 5.58. The van der Waals surface area contributed by atoms with E-state index in [4.69, 9.17) is 16.7 Å². The van der Waals surface area contributed by atoms with Crippen LogP contribution in [0, 0.1) is 0 Å². The first-order chi connectivity index (χ1) is 8.97. The lowest BCUT2D eigenvalue weighted by Crippen LogP contribution is -2.36. The smallest absolute Gasteiger partial charge is 0.335 e. The molecule has 6 heteroatoms. The maximum Gasteiger partial charge on any atom is 0.335 e. The normalized spacial score (nSPS) is 13.0. The van der Waals surface area contributed by atoms with E-state index in [0.717, 1.165) is 11.1 Å². The Balaban J connectivity index is 2.05. The summed E-state index contributed by atoms with van der Waals surface area (Å²) in [5, 5.41) is 11.9. The SMILES string of the molecule is C=C(Cl)CNC(=O)N1Cc2ccc(C(=O)O)cc2C1. The number of carbonyl (C=O) groups is 2. The molecule has 2 N–H and O–H groups in total. The molecule has 0 aromatic heterocycles. The molecule has 0 spiro atoms. The van der Waals surface area contributed by atoms with Crippen LogP contribution in [0.3, 0.4) is 0 Å². The second-order valence-electron chi connectivity index (χ2n) is 4.32. The number of rotatable bonds is 3. The van der Waals surface area contributed by atoms with Gasteiger partial charge < -0.3 is 15.3 Å². The number of hydrogen-bond acceptors (Lipinski definition) is 2. The van der Waals surface area contributed by atoms with Gasteiger partial charge in [-0.05, 0) is 23.3 Å². The fourth-order valence-corrected chi connectivity index (χ4v) is 2.02. The Morgan fingerprint density at radius 1 is 1.37 bits per heavy atom. The Kier molecular flexibility index (Phi) is 3.76. The van der Waals surface area contributed by atoms with Gasteiger partial charge in [0.15, 0.2) is 0 Å². The van der Waals surface area contributed by atoms with Crippen LogP contribution in [-0.4, -0.2) is 28.6 Å². The summed E-state index contributed by atoms with van der Waals surface area (Å²) in [7, 11) is 0. The minimum Gasteiger partial charge on any atom is -0.478 e. The maximum atomic E-state index is 11.8. The molecular formula is C13H13ClN2O3. The molecule has 0 radical (unpaired) electrons. The number of amides is 2. The van der Waals surface area contributed by atoms with Gasteiger partial charge in [-0.3, -0.25) is 0 Å². The van der Waals surface area contributed by atoms with E-state index in [-0.39, 0.29) is 18.1 Å². The quantitative estimate of drug-likeness (QED) is 0.891. The number of carbonyl (C=O) groups excluding carboxylic acids is 1. The van der Waals surface area contributed by atoms with E-state index in [0.29, 0.717) is 18.1 Å². The molecule has 0 aliphatic carbocycles. The molecule has 0 saturated carbocycles. The van der Waals surface area contributed by atoms with Gasteiger partial charge in [-0.15, -0.1) is 0 Å².